The van der Waals surface area contributed by atoms with Gasteiger partial charge in [0, 0.05) is 24.4 Å². The first-order valence-corrected chi connectivity index (χ1v) is 6.31. The summed E-state index contributed by atoms with van der Waals surface area (Å²) in [5.41, 5.74) is 0.630. The largest absolute Gasteiger partial charge is 0.337 e. The SMILES string of the molecule is CC(C)c1nc(C(=O)N2CCCC2)cs1. The average molecular weight is 224 g/mol. The zero-order valence-corrected chi connectivity index (χ0v) is 10.0. The van der Waals surface area contributed by atoms with E-state index in [1.54, 1.807) is 11.3 Å². The zero-order valence-electron chi connectivity index (χ0n) is 9.19. The third-order valence-corrected chi connectivity index (χ3v) is 3.77. The second-order valence-electron chi connectivity index (χ2n) is 4.22. The molecule has 15 heavy (non-hydrogen) atoms. The first-order chi connectivity index (χ1) is 7.18. The van der Waals surface area contributed by atoms with Crippen molar-refractivity contribution in [2.24, 2.45) is 0 Å². The number of amides is 1. The molecule has 4 heteroatoms. The number of thiazole rings is 1. The zero-order chi connectivity index (χ0) is 10.8. The van der Waals surface area contributed by atoms with Gasteiger partial charge in [0.15, 0.2) is 0 Å². The number of carbonyl (C=O) groups excluding carboxylic acids is 1. The maximum Gasteiger partial charge on any atom is 0.273 e. The first-order valence-electron chi connectivity index (χ1n) is 5.43. The molecule has 1 saturated heterocycles. The Hall–Kier alpha value is -0.900. The molecule has 0 N–H and O–H groups in total. The van der Waals surface area contributed by atoms with Gasteiger partial charge in [0.05, 0.1) is 5.01 Å². The van der Waals surface area contributed by atoms with E-state index in [0.29, 0.717) is 11.6 Å². The Morgan fingerprint density at radius 2 is 2.13 bits per heavy atom. The van der Waals surface area contributed by atoms with Crippen LogP contribution in [-0.2, 0) is 0 Å². The molecule has 0 aliphatic carbocycles. The average Bonchev–Trinajstić information content (AvgIpc) is 2.88. The van der Waals surface area contributed by atoms with Crippen LogP contribution in [0.25, 0.3) is 0 Å². The Kier molecular flexibility index (Phi) is 3.05. The number of likely N-dealkylation sites (tertiary alicyclic amines) is 1. The van der Waals surface area contributed by atoms with Crippen LogP contribution in [0.2, 0.25) is 0 Å². The van der Waals surface area contributed by atoms with E-state index in [1.807, 2.05) is 10.3 Å². The molecular weight excluding hydrogens is 208 g/mol. The molecule has 1 fully saturated rings. The molecule has 1 aliphatic rings. The molecule has 0 bridgehead atoms. The molecule has 0 radical (unpaired) electrons. The van der Waals surface area contributed by atoms with Gasteiger partial charge in [-0.1, -0.05) is 13.8 Å². The van der Waals surface area contributed by atoms with Gasteiger partial charge >= 0.3 is 0 Å². The fourth-order valence-corrected chi connectivity index (χ4v) is 2.54. The fourth-order valence-electron chi connectivity index (χ4n) is 1.73. The minimum Gasteiger partial charge on any atom is -0.337 e. The lowest BCUT2D eigenvalue weighted by atomic mass is 10.2. The summed E-state index contributed by atoms with van der Waals surface area (Å²) < 4.78 is 0. The van der Waals surface area contributed by atoms with Crippen LogP contribution >= 0.6 is 11.3 Å². The van der Waals surface area contributed by atoms with Gasteiger partial charge in [-0.25, -0.2) is 4.98 Å². The highest BCUT2D eigenvalue weighted by molar-refractivity contribution is 7.09. The molecule has 0 aromatic carbocycles. The summed E-state index contributed by atoms with van der Waals surface area (Å²) in [7, 11) is 0. The normalized spacial score (nSPS) is 16.3. The van der Waals surface area contributed by atoms with Crippen LogP contribution in [-0.4, -0.2) is 28.9 Å². The number of carbonyl (C=O) groups is 1. The van der Waals surface area contributed by atoms with Crippen molar-refractivity contribution in [1.82, 2.24) is 9.88 Å². The van der Waals surface area contributed by atoms with Gasteiger partial charge in [0.25, 0.3) is 5.91 Å². The monoisotopic (exact) mass is 224 g/mol. The molecule has 3 nitrogen and oxygen atoms in total. The third-order valence-electron chi connectivity index (χ3n) is 2.63. The van der Waals surface area contributed by atoms with Gasteiger partial charge in [0.1, 0.15) is 5.69 Å². The molecule has 1 aromatic rings. The van der Waals surface area contributed by atoms with Crippen LogP contribution in [0.5, 0.6) is 0 Å². The minimum absolute atomic E-state index is 0.107. The van der Waals surface area contributed by atoms with Crippen molar-refractivity contribution < 1.29 is 4.79 Å². The Morgan fingerprint density at radius 3 is 2.67 bits per heavy atom. The third kappa shape index (κ3) is 2.20. The van der Waals surface area contributed by atoms with Crippen molar-refractivity contribution >= 4 is 17.2 Å². The summed E-state index contributed by atoms with van der Waals surface area (Å²) in [6, 6.07) is 0. The molecule has 1 aromatic heterocycles. The number of rotatable bonds is 2. The molecule has 1 amide bonds. The van der Waals surface area contributed by atoms with E-state index in [2.05, 4.69) is 18.8 Å². The van der Waals surface area contributed by atoms with Gasteiger partial charge < -0.3 is 4.90 Å². The van der Waals surface area contributed by atoms with Crippen molar-refractivity contribution in [2.75, 3.05) is 13.1 Å². The highest BCUT2D eigenvalue weighted by Crippen LogP contribution is 2.21. The summed E-state index contributed by atoms with van der Waals surface area (Å²) in [4.78, 5) is 18.2. The summed E-state index contributed by atoms with van der Waals surface area (Å²) in [6.07, 6.45) is 2.26. The van der Waals surface area contributed by atoms with E-state index < -0.39 is 0 Å². The van der Waals surface area contributed by atoms with Gasteiger partial charge in [-0.05, 0) is 12.8 Å². The number of hydrogen-bond acceptors (Lipinski definition) is 3. The topological polar surface area (TPSA) is 33.2 Å². The maximum atomic E-state index is 12.0. The number of hydrogen-bond donors (Lipinski definition) is 0. The van der Waals surface area contributed by atoms with E-state index in [0.717, 1.165) is 30.9 Å². The van der Waals surface area contributed by atoms with Crippen LogP contribution in [0.15, 0.2) is 5.38 Å². The molecule has 1 aliphatic heterocycles. The minimum atomic E-state index is 0.107. The number of nitrogens with zero attached hydrogens (tertiary/aromatic N) is 2. The lowest BCUT2D eigenvalue weighted by molar-refractivity contribution is 0.0787. The van der Waals surface area contributed by atoms with Crippen LogP contribution in [0.3, 0.4) is 0 Å². The second-order valence-corrected chi connectivity index (χ2v) is 5.11. The molecule has 2 rings (SSSR count). The fraction of sp³-hybridized carbons (Fsp3) is 0.636. The maximum absolute atomic E-state index is 12.0. The van der Waals surface area contributed by atoms with Crippen LogP contribution in [0, 0.1) is 0 Å². The molecule has 2 heterocycles. The van der Waals surface area contributed by atoms with Crippen LogP contribution in [0.1, 0.15) is 48.1 Å². The lowest BCUT2D eigenvalue weighted by Crippen LogP contribution is -2.27. The summed E-state index contributed by atoms with van der Waals surface area (Å²) in [5.74, 6) is 0.519. The highest BCUT2D eigenvalue weighted by Gasteiger charge is 2.21. The summed E-state index contributed by atoms with van der Waals surface area (Å²) in [5, 5.41) is 2.94. The number of aromatic nitrogens is 1. The molecule has 0 spiro atoms. The quantitative estimate of drug-likeness (QED) is 0.773. The predicted molar refractivity (Wildman–Crippen MR) is 61.3 cm³/mol. The second kappa shape index (κ2) is 4.31. The Balaban J connectivity index is 2.11. The standard InChI is InChI=1S/C11H16N2OS/c1-8(2)10-12-9(7-15-10)11(14)13-5-3-4-6-13/h7-8H,3-6H2,1-2H3. The van der Waals surface area contributed by atoms with E-state index in [9.17, 15) is 4.79 Å². The van der Waals surface area contributed by atoms with Crippen LogP contribution < -0.4 is 0 Å². The van der Waals surface area contributed by atoms with Crippen molar-refractivity contribution in [2.45, 2.75) is 32.6 Å². The van der Waals surface area contributed by atoms with E-state index in [4.69, 9.17) is 0 Å². The summed E-state index contributed by atoms with van der Waals surface area (Å²) >= 11 is 1.59. The van der Waals surface area contributed by atoms with Crippen molar-refractivity contribution in [3.05, 3.63) is 16.1 Å². The van der Waals surface area contributed by atoms with E-state index >= 15 is 0 Å². The van der Waals surface area contributed by atoms with Crippen molar-refractivity contribution in [3.63, 3.8) is 0 Å². The lowest BCUT2D eigenvalue weighted by Gasteiger charge is -2.12. The first kappa shape index (κ1) is 10.6. The molecular formula is C11H16N2OS. The Bertz CT molecular complexity index is 353. The van der Waals surface area contributed by atoms with Gasteiger partial charge in [-0.2, -0.15) is 0 Å². The van der Waals surface area contributed by atoms with E-state index in [-0.39, 0.29) is 5.91 Å². The smallest absolute Gasteiger partial charge is 0.273 e. The van der Waals surface area contributed by atoms with E-state index in [1.165, 1.54) is 0 Å². The molecule has 82 valence electrons. The van der Waals surface area contributed by atoms with Crippen LogP contribution in [0.4, 0.5) is 0 Å². The van der Waals surface area contributed by atoms with Gasteiger partial charge in [0.2, 0.25) is 0 Å². The van der Waals surface area contributed by atoms with Crippen molar-refractivity contribution in [3.8, 4) is 0 Å². The highest BCUT2D eigenvalue weighted by atomic mass is 32.1. The van der Waals surface area contributed by atoms with Gasteiger partial charge in [-0.15, -0.1) is 11.3 Å². The van der Waals surface area contributed by atoms with Crippen molar-refractivity contribution in [1.29, 1.82) is 0 Å². The molecule has 0 atom stereocenters. The Labute approximate surface area is 94.1 Å². The summed E-state index contributed by atoms with van der Waals surface area (Å²) in [6.45, 7) is 5.99. The molecule has 0 unspecified atom stereocenters. The Morgan fingerprint density at radius 1 is 1.47 bits per heavy atom. The molecule has 0 saturated carbocycles. The predicted octanol–water partition coefficient (Wildman–Crippen LogP) is 2.50. The van der Waals surface area contributed by atoms with Gasteiger partial charge in [-0.3, -0.25) is 4.79 Å².